The number of rotatable bonds is 8. The number of nitrogens with one attached hydrogen (secondary N) is 2. The Balaban J connectivity index is 3.22. The van der Waals surface area contributed by atoms with E-state index in [2.05, 4.69) is 5.32 Å². The van der Waals surface area contributed by atoms with Gasteiger partial charge in [0, 0.05) is 6.07 Å². The first-order valence-corrected chi connectivity index (χ1v) is 9.05. The number of hydrogen-bond acceptors (Lipinski definition) is 8. The van der Waals surface area contributed by atoms with Crippen LogP contribution in [0.5, 0.6) is 0 Å². The third-order valence-electron chi connectivity index (χ3n) is 2.90. The standard InChI is InChI=1S/C15H21N3O7S/c1-10(9-19)16-13(14(20)25-15(2,3)4)17-26(23,24)12-8-6-5-7-11(12)18(21)22/h5-10,13,16-17H,1-4H3/t10-,13-/m0/s1. The van der Waals surface area contributed by atoms with Crippen LogP contribution in [0.2, 0.25) is 0 Å². The maximum absolute atomic E-state index is 12.6. The molecule has 0 amide bonds. The van der Waals surface area contributed by atoms with Crippen molar-refractivity contribution in [1.82, 2.24) is 10.0 Å². The van der Waals surface area contributed by atoms with Gasteiger partial charge in [0.1, 0.15) is 11.9 Å². The molecule has 0 bridgehead atoms. The molecule has 11 heteroatoms. The molecule has 0 saturated carbocycles. The van der Waals surface area contributed by atoms with E-state index in [0.717, 1.165) is 12.1 Å². The minimum absolute atomic E-state index is 0.469. The second-order valence-electron chi connectivity index (χ2n) is 6.40. The van der Waals surface area contributed by atoms with Gasteiger partial charge in [0.05, 0.1) is 11.0 Å². The van der Waals surface area contributed by atoms with Gasteiger partial charge in [-0.15, -0.1) is 0 Å². The van der Waals surface area contributed by atoms with Crippen LogP contribution in [0.4, 0.5) is 5.69 Å². The molecule has 0 heterocycles. The molecule has 26 heavy (non-hydrogen) atoms. The Bertz CT molecular complexity index is 787. The summed E-state index contributed by atoms with van der Waals surface area (Å²) in [4.78, 5) is 32.7. The molecular weight excluding hydrogens is 366 g/mol. The highest BCUT2D eigenvalue weighted by Crippen LogP contribution is 2.23. The van der Waals surface area contributed by atoms with E-state index >= 15 is 0 Å². The van der Waals surface area contributed by atoms with Gasteiger partial charge >= 0.3 is 5.97 Å². The van der Waals surface area contributed by atoms with Crippen LogP contribution in [0.1, 0.15) is 27.7 Å². The molecule has 0 fully saturated rings. The summed E-state index contributed by atoms with van der Waals surface area (Å²) in [5, 5.41) is 13.5. The van der Waals surface area contributed by atoms with Crippen molar-refractivity contribution in [3.8, 4) is 0 Å². The normalized spacial score (nSPS) is 14.3. The van der Waals surface area contributed by atoms with Gasteiger partial charge in [0.25, 0.3) is 5.69 Å². The van der Waals surface area contributed by atoms with E-state index < -0.39 is 49.3 Å². The van der Waals surface area contributed by atoms with E-state index in [1.54, 1.807) is 20.8 Å². The van der Waals surface area contributed by atoms with Crippen molar-refractivity contribution >= 4 is 28.0 Å². The lowest BCUT2D eigenvalue weighted by atomic mass is 10.2. The Kier molecular flexibility index (Phi) is 6.95. The minimum Gasteiger partial charge on any atom is -0.458 e. The van der Waals surface area contributed by atoms with E-state index in [1.807, 2.05) is 4.72 Å². The minimum atomic E-state index is -4.46. The molecule has 10 nitrogen and oxygen atoms in total. The third-order valence-corrected chi connectivity index (χ3v) is 4.37. The number of nitro groups is 1. The topological polar surface area (TPSA) is 145 Å². The number of esters is 1. The first kappa shape index (κ1) is 21.7. The molecule has 1 rings (SSSR count). The van der Waals surface area contributed by atoms with E-state index in [-0.39, 0.29) is 0 Å². The molecule has 0 spiro atoms. The Morgan fingerprint density at radius 3 is 2.38 bits per heavy atom. The fourth-order valence-corrected chi connectivity index (χ4v) is 3.14. The van der Waals surface area contributed by atoms with Crippen LogP contribution in [-0.4, -0.2) is 43.4 Å². The van der Waals surface area contributed by atoms with Crippen molar-refractivity contribution in [2.45, 2.75) is 50.4 Å². The summed E-state index contributed by atoms with van der Waals surface area (Å²) in [5.74, 6) is -0.978. The van der Waals surface area contributed by atoms with Gasteiger partial charge in [-0.05, 0) is 33.8 Å². The number of sulfonamides is 1. The zero-order valence-electron chi connectivity index (χ0n) is 14.8. The third kappa shape index (κ3) is 6.17. The fourth-order valence-electron chi connectivity index (χ4n) is 1.87. The van der Waals surface area contributed by atoms with E-state index in [4.69, 9.17) is 4.74 Å². The molecule has 0 saturated heterocycles. The number of carbonyl (C=O) groups excluding carboxylic acids is 2. The first-order chi connectivity index (χ1) is 11.9. The Morgan fingerprint density at radius 1 is 1.31 bits per heavy atom. The molecule has 0 aromatic heterocycles. The number of ether oxygens (including phenoxy) is 1. The molecule has 1 aromatic carbocycles. The summed E-state index contributed by atoms with van der Waals surface area (Å²) in [6.45, 7) is 6.16. The molecular formula is C15H21N3O7S. The van der Waals surface area contributed by atoms with E-state index in [1.165, 1.54) is 19.1 Å². The molecule has 0 unspecified atom stereocenters. The van der Waals surface area contributed by atoms with Crippen LogP contribution in [-0.2, 0) is 24.3 Å². The van der Waals surface area contributed by atoms with E-state index in [9.17, 15) is 28.1 Å². The molecule has 0 aliphatic carbocycles. The van der Waals surface area contributed by atoms with Crippen LogP contribution in [0.15, 0.2) is 29.2 Å². The van der Waals surface area contributed by atoms with E-state index in [0.29, 0.717) is 6.29 Å². The van der Waals surface area contributed by atoms with Crippen LogP contribution < -0.4 is 10.0 Å². The molecule has 1 aromatic rings. The lowest BCUT2D eigenvalue weighted by molar-refractivity contribution is -0.387. The SMILES string of the molecule is C[C@@H](C=O)N[C@@H](NS(=O)(=O)c1ccccc1[N+](=O)[O-])C(=O)OC(C)(C)C. The van der Waals surface area contributed by atoms with Gasteiger partial charge in [-0.3, -0.25) is 15.4 Å². The summed E-state index contributed by atoms with van der Waals surface area (Å²) in [6, 6.07) is 3.82. The summed E-state index contributed by atoms with van der Waals surface area (Å²) in [7, 11) is -4.46. The number of nitro benzene ring substituents is 1. The predicted molar refractivity (Wildman–Crippen MR) is 91.7 cm³/mol. The molecule has 2 N–H and O–H groups in total. The van der Waals surface area contributed by atoms with Gasteiger partial charge in [-0.25, -0.2) is 13.2 Å². The highest BCUT2D eigenvalue weighted by molar-refractivity contribution is 7.89. The van der Waals surface area contributed by atoms with Crippen molar-refractivity contribution in [2.75, 3.05) is 0 Å². The quantitative estimate of drug-likeness (QED) is 0.218. The zero-order chi connectivity index (χ0) is 20.1. The van der Waals surface area contributed by atoms with Crippen LogP contribution >= 0.6 is 0 Å². The second kappa shape index (κ2) is 8.34. The second-order valence-corrected chi connectivity index (χ2v) is 8.09. The van der Waals surface area contributed by atoms with Gasteiger partial charge in [-0.2, -0.15) is 4.72 Å². The van der Waals surface area contributed by atoms with Crippen LogP contribution in [0.25, 0.3) is 0 Å². The predicted octanol–water partition coefficient (Wildman–Crippen LogP) is 0.718. The summed E-state index contributed by atoms with van der Waals surface area (Å²) >= 11 is 0. The highest BCUT2D eigenvalue weighted by atomic mass is 32.2. The zero-order valence-corrected chi connectivity index (χ0v) is 15.6. The van der Waals surface area contributed by atoms with Crippen molar-refractivity contribution in [1.29, 1.82) is 0 Å². The maximum Gasteiger partial charge on any atom is 0.339 e. The van der Waals surface area contributed by atoms with Gasteiger partial charge in [0.15, 0.2) is 11.1 Å². The van der Waals surface area contributed by atoms with Gasteiger partial charge in [-0.1, -0.05) is 12.1 Å². The fraction of sp³-hybridized carbons (Fsp3) is 0.467. The number of carbonyl (C=O) groups is 2. The number of nitrogens with zero attached hydrogens (tertiary/aromatic N) is 1. The van der Waals surface area contributed by atoms with Crippen LogP contribution in [0.3, 0.4) is 0 Å². The van der Waals surface area contributed by atoms with Gasteiger partial charge in [0.2, 0.25) is 10.0 Å². The number of para-hydroxylation sites is 1. The summed E-state index contributed by atoms with van der Waals surface area (Å²) in [5.41, 5.74) is -1.56. The number of benzene rings is 1. The molecule has 0 aliphatic heterocycles. The van der Waals surface area contributed by atoms with Crippen molar-refractivity contribution in [3.63, 3.8) is 0 Å². The number of aldehydes is 1. The summed E-state index contributed by atoms with van der Waals surface area (Å²) < 4.78 is 32.3. The number of hydrogen-bond donors (Lipinski definition) is 2. The molecule has 0 radical (unpaired) electrons. The molecule has 0 aliphatic rings. The van der Waals surface area contributed by atoms with Crippen molar-refractivity contribution in [3.05, 3.63) is 34.4 Å². The monoisotopic (exact) mass is 387 g/mol. The highest BCUT2D eigenvalue weighted by Gasteiger charge is 2.33. The van der Waals surface area contributed by atoms with Crippen molar-refractivity contribution in [2.24, 2.45) is 0 Å². The Labute approximate surface area is 151 Å². The van der Waals surface area contributed by atoms with Crippen molar-refractivity contribution < 1.29 is 27.7 Å². The summed E-state index contributed by atoms with van der Waals surface area (Å²) in [6.07, 6.45) is -1.14. The Morgan fingerprint density at radius 2 is 1.88 bits per heavy atom. The van der Waals surface area contributed by atoms with Crippen LogP contribution in [0, 0.1) is 10.1 Å². The first-order valence-electron chi connectivity index (χ1n) is 7.57. The smallest absolute Gasteiger partial charge is 0.339 e. The average Bonchev–Trinajstić information content (AvgIpc) is 2.52. The maximum atomic E-state index is 12.6. The average molecular weight is 387 g/mol. The lowest BCUT2D eigenvalue weighted by Crippen LogP contribution is -2.55. The molecule has 2 atom stereocenters. The molecule has 144 valence electrons. The lowest BCUT2D eigenvalue weighted by Gasteiger charge is -2.25. The largest absolute Gasteiger partial charge is 0.458 e. The van der Waals surface area contributed by atoms with Gasteiger partial charge < -0.3 is 9.53 Å². The Hall–Kier alpha value is -2.37.